The quantitative estimate of drug-likeness (QED) is 0.821. The van der Waals surface area contributed by atoms with E-state index in [9.17, 15) is 4.79 Å². The Morgan fingerprint density at radius 1 is 1.61 bits per heavy atom. The van der Waals surface area contributed by atoms with Gasteiger partial charge in [0.1, 0.15) is 18.0 Å². The lowest BCUT2D eigenvalue weighted by Gasteiger charge is -2.25. The predicted molar refractivity (Wildman–Crippen MR) is 68.8 cm³/mol. The number of carboxylic acid groups (broad SMARTS) is 1. The molecule has 0 saturated carbocycles. The van der Waals surface area contributed by atoms with E-state index in [4.69, 9.17) is 5.11 Å². The van der Waals surface area contributed by atoms with Gasteiger partial charge in [0.15, 0.2) is 0 Å². The van der Waals surface area contributed by atoms with Crippen LogP contribution in [0.15, 0.2) is 12.4 Å². The van der Waals surface area contributed by atoms with E-state index in [1.165, 1.54) is 6.33 Å². The summed E-state index contributed by atoms with van der Waals surface area (Å²) in [7, 11) is 1.82. The standard InChI is InChI=1S/C12H18N4O2/c1-13-10-7-11(15-8-14-10)16-6-2-3-9(16)4-5-12(17)18/h7-9H,2-6H2,1H3,(H,17,18)(H,13,14,15). The molecule has 1 aliphatic heterocycles. The number of anilines is 2. The first-order chi connectivity index (χ1) is 8.70. The lowest BCUT2D eigenvalue weighted by molar-refractivity contribution is -0.137. The van der Waals surface area contributed by atoms with Gasteiger partial charge in [-0.25, -0.2) is 9.97 Å². The third-order valence-electron chi connectivity index (χ3n) is 3.27. The molecule has 2 heterocycles. The van der Waals surface area contributed by atoms with Crippen molar-refractivity contribution in [2.45, 2.75) is 31.7 Å². The van der Waals surface area contributed by atoms with E-state index < -0.39 is 5.97 Å². The highest BCUT2D eigenvalue weighted by molar-refractivity contribution is 5.66. The van der Waals surface area contributed by atoms with Crippen molar-refractivity contribution in [3.8, 4) is 0 Å². The summed E-state index contributed by atoms with van der Waals surface area (Å²) in [5, 5.41) is 11.7. The second-order valence-electron chi connectivity index (χ2n) is 4.43. The molecular weight excluding hydrogens is 232 g/mol. The Morgan fingerprint density at radius 2 is 2.44 bits per heavy atom. The van der Waals surface area contributed by atoms with E-state index in [1.54, 1.807) is 0 Å². The van der Waals surface area contributed by atoms with Crippen molar-refractivity contribution in [2.75, 3.05) is 23.8 Å². The maximum atomic E-state index is 10.6. The topological polar surface area (TPSA) is 78.4 Å². The molecule has 2 N–H and O–H groups in total. The molecule has 1 atom stereocenters. The van der Waals surface area contributed by atoms with Crippen molar-refractivity contribution < 1.29 is 9.90 Å². The predicted octanol–water partition coefficient (Wildman–Crippen LogP) is 1.35. The summed E-state index contributed by atoms with van der Waals surface area (Å²) in [4.78, 5) is 21.2. The van der Waals surface area contributed by atoms with Crippen LogP contribution in [0.5, 0.6) is 0 Å². The molecule has 0 spiro atoms. The Bertz CT molecular complexity index is 424. The zero-order valence-corrected chi connectivity index (χ0v) is 10.5. The minimum Gasteiger partial charge on any atom is -0.481 e. The van der Waals surface area contributed by atoms with Crippen molar-refractivity contribution in [1.82, 2.24) is 9.97 Å². The van der Waals surface area contributed by atoms with Crippen LogP contribution in [0.4, 0.5) is 11.6 Å². The number of aromatic nitrogens is 2. The molecule has 1 aliphatic rings. The molecule has 18 heavy (non-hydrogen) atoms. The average molecular weight is 250 g/mol. The molecule has 0 bridgehead atoms. The number of nitrogens with one attached hydrogen (secondary N) is 1. The molecular formula is C12H18N4O2. The highest BCUT2D eigenvalue weighted by atomic mass is 16.4. The van der Waals surface area contributed by atoms with Gasteiger partial charge in [0.2, 0.25) is 0 Å². The Morgan fingerprint density at radius 3 is 3.17 bits per heavy atom. The third-order valence-corrected chi connectivity index (χ3v) is 3.27. The number of nitrogens with zero attached hydrogens (tertiary/aromatic N) is 3. The summed E-state index contributed by atoms with van der Waals surface area (Å²) < 4.78 is 0. The maximum Gasteiger partial charge on any atom is 0.303 e. The molecule has 1 aromatic rings. The zero-order valence-electron chi connectivity index (χ0n) is 10.5. The van der Waals surface area contributed by atoms with E-state index in [0.717, 1.165) is 31.0 Å². The van der Waals surface area contributed by atoms with Crippen LogP contribution in [0.25, 0.3) is 0 Å². The van der Waals surface area contributed by atoms with Gasteiger partial charge in [-0.05, 0) is 19.3 Å². The van der Waals surface area contributed by atoms with Crippen LogP contribution in [0, 0.1) is 0 Å². The molecule has 0 aromatic carbocycles. The fourth-order valence-electron chi connectivity index (χ4n) is 2.37. The lowest BCUT2D eigenvalue weighted by Crippen LogP contribution is -2.30. The highest BCUT2D eigenvalue weighted by Gasteiger charge is 2.26. The van der Waals surface area contributed by atoms with Gasteiger partial charge in [-0.2, -0.15) is 0 Å². The van der Waals surface area contributed by atoms with Gasteiger partial charge in [0.05, 0.1) is 0 Å². The number of hydrogen-bond acceptors (Lipinski definition) is 5. The molecule has 1 aromatic heterocycles. The van der Waals surface area contributed by atoms with Crippen LogP contribution < -0.4 is 10.2 Å². The van der Waals surface area contributed by atoms with E-state index >= 15 is 0 Å². The van der Waals surface area contributed by atoms with E-state index in [2.05, 4.69) is 20.2 Å². The molecule has 0 aliphatic carbocycles. The molecule has 1 fully saturated rings. The summed E-state index contributed by atoms with van der Waals surface area (Å²) in [6.07, 6.45) is 4.54. The van der Waals surface area contributed by atoms with Crippen molar-refractivity contribution in [2.24, 2.45) is 0 Å². The molecule has 6 heteroatoms. The lowest BCUT2D eigenvalue weighted by atomic mass is 10.1. The molecule has 1 unspecified atom stereocenters. The first-order valence-electron chi connectivity index (χ1n) is 6.19. The second-order valence-corrected chi connectivity index (χ2v) is 4.43. The Labute approximate surface area is 106 Å². The van der Waals surface area contributed by atoms with E-state index in [1.807, 2.05) is 13.1 Å². The number of aliphatic carboxylic acids is 1. The maximum absolute atomic E-state index is 10.6. The Kier molecular flexibility index (Phi) is 3.96. The van der Waals surface area contributed by atoms with Crippen LogP contribution in [0.2, 0.25) is 0 Å². The van der Waals surface area contributed by atoms with Gasteiger partial charge in [0, 0.05) is 32.1 Å². The average Bonchev–Trinajstić information content (AvgIpc) is 2.84. The molecule has 0 amide bonds. The third kappa shape index (κ3) is 2.88. The molecule has 98 valence electrons. The van der Waals surface area contributed by atoms with Gasteiger partial charge in [-0.15, -0.1) is 0 Å². The van der Waals surface area contributed by atoms with E-state index in [-0.39, 0.29) is 12.5 Å². The van der Waals surface area contributed by atoms with Crippen LogP contribution in [0.3, 0.4) is 0 Å². The first-order valence-corrected chi connectivity index (χ1v) is 6.19. The number of carbonyl (C=O) groups is 1. The van der Waals surface area contributed by atoms with Gasteiger partial charge < -0.3 is 15.3 Å². The minimum atomic E-state index is -0.736. The van der Waals surface area contributed by atoms with Gasteiger partial charge in [-0.3, -0.25) is 4.79 Å². The smallest absolute Gasteiger partial charge is 0.303 e. The summed E-state index contributed by atoms with van der Waals surface area (Å²) >= 11 is 0. The first kappa shape index (κ1) is 12.6. The zero-order chi connectivity index (χ0) is 13.0. The van der Waals surface area contributed by atoms with E-state index in [0.29, 0.717) is 6.42 Å². The monoisotopic (exact) mass is 250 g/mol. The fourth-order valence-corrected chi connectivity index (χ4v) is 2.37. The summed E-state index contributed by atoms with van der Waals surface area (Å²) in [6, 6.07) is 2.18. The number of carboxylic acids is 1. The number of hydrogen-bond donors (Lipinski definition) is 2. The van der Waals surface area contributed by atoms with Crippen LogP contribution in [-0.2, 0) is 4.79 Å². The van der Waals surface area contributed by atoms with Gasteiger partial charge in [0.25, 0.3) is 0 Å². The highest BCUT2D eigenvalue weighted by Crippen LogP contribution is 2.27. The number of rotatable bonds is 5. The SMILES string of the molecule is CNc1cc(N2CCCC2CCC(=O)O)ncn1. The minimum absolute atomic E-state index is 0.213. The Balaban J connectivity index is 2.07. The van der Waals surface area contributed by atoms with Crippen molar-refractivity contribution >= 4 is 17.6 Å². The summed E-state index contributed by atoms with van der Waals surface area (Å²) in [5.74, 6) is 0.923. The second kappa shape index (κ2) is 5.66. The van der Waals surface area contributed by atoms with Crippen LogP contribution in [0.1, 0.15) is 25.7 Å². The normalized spacial score (nSPS) is 18.9. The molecule has 6 nitrogen and oxygen atoms in total. The summed E-state index contributed by atoms with van der Waals surface area (Å²) in [5.41, 5.74) is 0. The largest absolute Gasteiger partial charge is 0.481 e. The van der Waals surface area contributed by atoms with Gasteiger partial charge in [-0.1, -0.05) is 0 Å². The molecule has 1 saturated heterocycles. The van der Waals surface area contributed by atoms with Crippen LogP contribution in [-0.4, -0.2) is 40.7 Å². The molecule has 2 rings (SSSR count). The summed E-state index contributed by atoms with van der Waals surface area (Å²) in [6.45, 7) is 0.935. The molecule has 0 radical (unpaired) electrons. The van der Waals surface area contributed by atoms with Crippen molar-refractivity contribution in [3.63, 3.8) is 0 Å². The Hall–Kier alpha value is -1.85. The fraction of sp³-hybridized carbons (Fsp3) is 0.583. The van der Waals surface area contributed by atoms with Gasteiger partial charge >= 0.3 is 5.97 Å². The van der Waals surface area contributed by atoms with Crippen molar-refractivity contribution in [1.29, 1.82) is 0 Å². The van der Waals surface area contributed by atoms with Crippen molar-refractivity contribution in [3.05, 3.63) is 12.4 Å². The van der Waals surface area contributed by atoms with Crippen LogP contribution >= 0.6 is 0 Å².